The second kappa shape index (κ2) is 12.6. The molecule has 0 aliphatic rings. The third kappa shape index (κ3) is 7.22. The summed E-state index contributed by atoms with van der Waals surface area (Å²) in [6.07, 6.45) is 1.99. The van der Waals surface area contributed by atoms with Crippen LogP contribution in [-0.2, 0) is 11.2 Å². The van der Waals surface area contributed by atoms with Gasteiger partial charge in [-0.1, -0.05) is 67.6 Å². The molecule has 0 unspecified atom stereocenters. The molecule has 176 valence electrons. The van der Waals surface area contributed by atoms with Crippen LogP contribution in [0.3, 0.4) is 0 Å². The minimum absolute atomic E-state index is 0.0553. The molecule has 3 rings (SSSR count). The van der Waals surface area contributed by atoms with E-state index in [1.807, 2.05) is 48.5 Å². The Bertz CT molecular complexity index is 1160. The summed E-state index contributed by atoms with van der Waals surface area (Å²) < 4.78 is 4.74. The van der Waals surface area contributed by atoms with Gasteiger partial charge in [0.1, 0.15) is 0 Å². The van der Waals surface area contributed by atoms with Gasteiger partial charge in [-0.05, 0) is 54.3 Å². The van der Waals surface area contributed by atoms with Gasteiger partial charge >= 0.3 is 6.09 Å². The number of amides is 1. The van der Waals surface area contributed by atoms with Gasteiger partial charge in [-0.3, -0.25) is 10.1 Å². The molecule has 0 bridgehead atoms. The molecule has 0 aliphatic carbocycles. The molecule has 6 nitrogen and oxygen atoms in total. The monoisotopic (exact) mass is 475 g/mol. The molecule has 0 atom stereocenters. The Labute approximate surface area is 204 Å². The van der Waals surface area contributed by atoms with Crippen molar-refractivity contribution in [2.75, 3.05) is 18.6 Å². The second-order valence-electron chi connectivity index (χ2n) is 7.69. The van der Waals surface area contributed by atoms with Crippen molar-refractivity contribution in [3.8, 4) is 0 Å². The van der Waals surface area contributed by atoms with Crippen LogP contribution < -0.4 is 11.1 Å². The van der Waals surface area contributed by atoms with Gasteiger partial charge in [0.2, 0.25) is 0 Å². The number of alkyl carbamates (subject to hydrolysis) is 1. The molecule has 0 aliphatic heterocycles. The fourth-order valence-electron chi connectivity index (χ4n) is 3.35. The number of rotatable bonds is 8. The van der Waals surface area contributed by atoms with Gasteiger partial charge < -0.3 is 10.5 Å². The Hall–Kier alpha value is -3.58. The zero-order valence-electron chi connectivity index (χ0n) is 19.4. The number of ketones is 1. The molecular weight excluding hydrogens is 446 g/mol. The van der Waals surface area contributed by atoms with E-state index < -0.39 is 6.09 Å². The third-order valence-corrected chi connectivity index (χ3v) is 6.04. The van der Waals surface area contributed by atoms with Crippen LogP contribution in [-0.4, -0.2) is 29.9 Å². The Kier molecular flexibility index (Phi) is 9.29. The average molecular weight is 476 g/mol. The maximum absolute atomic E-state index is 13.3. The van der Waals surface area contributed by atoms with Crippen LogP contribution in [0.25, 0.3) is 0 Å². The Morgan fingerprint density at radius 3 is 2.53 bits per heavy atom. The van der Waals surface area contributed by atoms with E-state index >= 15 is 0 Å². The molecule has 0 saturated carbocycles. The van der Waals surface area contributed by atoms with Crippen molar-refractivity contribution in [1.29, 1.82) is 0 Å². The van der Waals surface area contributed by atoms with E-state index in [4.69, 9.17) is 10.5 Å². The average Bonchev–Trinajstić information content (AvgIpc) is 2.84. The fraction of sp³-hybridized carbons (Fsp3) is 0.222. The van der Waals surface area contributed by atoms with Gasteiger partial charge in [-0.25, -0.2) is 9.79 Å². The van der Waals surface area contributed by atoms with E-state index in [0.717, 1.165) is 29.7 Å². The number of benzene rings is 3. The highest BCUT2D eigenvalue weighted by Gasteiger charge is 2.15. The van der Waals surface area contributed by atoms with Gasteiger partial charge in [0.25, 0.3) is 0 Å². The molecule has 3 aromatic carbocycles. The number of hydrogen-bond acceptors (Lipinski definition) is 6. The first kappa shape index (κ1) is 25.1. The van der Waals surface area contributed by atoms with Crippen molar-refractivity contribution in [2.24, 2.45) is 4.99 Å². The Morgan fingerprint density at radius 2 is 1.82 bits per heavy atom. The number of nitrogens with two attached hydrogens (primary N) is 1. The zero-order chi connectivity index (χ0) is 24.3. The van der Waals surface area contributed by atoms with E-state index in [1.165, 1.54) is 18.9 Å². The maximum Gasteiger partial charge on any atom is 0.412 e. The van der Waals surface area contributed by atoms with Crippen LogP contribution in [0.4, 0.5) is 16.2 Å². The van der Waals surface area contributed by atoms with E-state index in [-0.39, 0.29) is 5.78 Å². The van der Waals surface area contributed by atoms with E-state index in [9.17, 15) is 9.59 Å². The minimum Gasteiger partial charge on any atom is -0.453 e. The number of methoxy groups -OCH3 is 1. The van der Waals surface area contributed by atoms with Crippen LogP contribution in [0.5, 0.6) is 0 Å². The smallest absolute Gasteiger partial charge is 0.412 e. The summed E-state index contributed by atoms with van der Waals surface area (Å²) in [5.74, 6) is 0.764. The number of amidine groups is 1. The summed E-state index contributed by atoms with van der Waals surface area (Å²) in [7, 11) is 1.32. The standard InChI is InChI=1S/C27H29N3O3S/c1-3-4-15-34-26(30-27(32)33-2)29-23-13-14-24(25(31)20-10-6-5-7-11-20)21(18-23)16-19-9-8-12-22(28)17-19/h5-14,17-18H,3-4,15-16,28H2,1-2H3,(H,29,30,32). The molecule has 0 spiro atoms. The Morgan fingerprint density at radius 1 is 1.03 bits per heavy atom. The quantitative estimate of drug-likeness (QED) is 0.138. The summed E-state index contributed by atoms with van der Waals surface area (Å²) in [6, 6.07) is 22.3. The normalized spacial score (nSPS) is 11.2. The van der Waals surface area contributed by atoms with Crippen molar-refractivity contribution in [3.05, 3.63) is 95.1 Å². The van der Waals surface area contributed by atoms with Crippen LogP contribution in [0, 0.1) is 0 Å². The first-order chi connectivity index (χ1) is 16.5. The minimum atomic E-state index is -0.571. The highest BCUT2D eigenvalue weighted by Crippen LogP contribution is 2.25. The number of carbonyl (C=O) groups is 2. The summed E-state index contributed by atoms with van der Waals surface area (Å²) in [5.41, 5.74) is 10.3. The lowest BCUT2D eigenvalue weighted by Gasteiger charge is -2.12. The maximum atomic E-state index is 13.3. The molecule has 7 heteroatoms. The Balaban J connectivity index is 2.00. The number of ether oxygens (including phenoxy) is 1. The zero-order valence-corrected chi connectivity index (χ0v) is 20.2. The van der Waals surface area contributed by atoms with Crippen LogP contribution in [0.1, 0.15) is 46.8 Å². The lowest BCUT2D eigenvalue weighted by molar-refractivity contribution is 0.103. The van der Waals surface area contributed by atoms with Crippen LogP contribution in [0.15, 0.2) is 77.8 Å². The first-order valence-electron chi connectivity index (χ1n) is 11.1. The molecule has 3 N–H and O–H groups in total. The molecule has 0 heterocycles. The van der Waals surface area contributed by atoms with Gasteiger partial charge in [-0.2, -0.15) is 0 Å². The largest absolute Gasteiger partial charge is 0.453 e. The number of thioether (sulfide) groups is 1. The number of anilines is 1. The van der Waals surface area contributed by atoms with Gasteiger partial charge in [0.15, 0.2) is 11.0 Å². The van der Waals surface area contributed by atoms with Crippen LogP contribution >= 0.6 is 11.8 Å². The molecule has 0 saturated heterocycles. The fourth-order valence-corrected chi connectivity index (χ4v) is 4.30. The van der Waals surface area contributed by atoms with Gasteiger partial charge in [0.05, 0.1) is 12.8 Å². The molecule has 0 aromatic heterocycles. The van der Waals surface area contributed by atoms with Crippen molar-refractivity contribution >= 4 is 40.2 Å². The van der Waals surface area contributed by atoms with E-state index in [1.54, 1.807) is 24.3 Å². The predicted molar refractivity (Wildman–Crippen MR) is 140 cm³/mol. The van der Waals surface area contributed by atoms with Crippen molar-refractivity contribution < 1.29 is 14.3 Å². The number of nitrogen functional groups attached to an aromatic ring is 1. The number of unbranched alkanes of at least 4 members (excludes halogenated alkanes) is 1. The van der Waals surface area contributed by atoms with E-state index in [2.05, 4.69) is 17.2 Å². The number of hydrogen-bond donors (Lipinski definition) is 2. The summed E-state index contributed by atoms with van der Waals surface area (Å²) in [6.45, 7) is 2.11. The summed E-state index contributed by atoms with van der Waals surface area (Å²) in [5, 5.41) is 3.14. The number of aliphatic imine (C=N–C) groups is 1. The molecule has 1 amide bonds. The van der Waals surface area contributed by atoms with Gasteiger partial charge in [-0.15, -0.1) is 0 Å². The molecule has 34 heavy (non-hydrogen) atoms. The van der Waals surface area contributed by atoms with Gasteiger partial charge in [0, 0.05) is 22.6 Å². The highest BCUT2D eigenvalue weighted by molar-refractivity contribution is 8.13. The number of nitrogens with one attached hydrogen (secondary N) is 1. The molecule has 0 fully saturated rings. The van der Waals surface area contributed by atoms with Crippen LogP contribution in [0.2, 0.25) is 0 Å². The molecule has 0 radical (unpaired) electrons. The summed E-state index contributed by atoms with van der Waals surface area (Å²) >= 11 is 1.46. The molecular formula is C27H29N3O3S. The first-order valence-corrected chi connectivity index (χ1v) is 12.1. The SMILES string of the molecule is CCCCSC(=Nc1ccc(C(=O)c2ccccc2)c(Cc2cccc(N)c2)c1)NC(=O)OC. The summed E-state index contributed by atoms with van der Waals surface area (Å²) in [4.78, 5) is 29.7. The number of carbonyl (C=O) groups excluding carboxylic acids is 2. The van der Waals surface area contributed by atoms with E-state index in [0.29, 0.717) is 34.1 Å². The predicted octanol–water partition coefficient (Wildman–Crippen LogP) is 5.97. The highest BCUT2D eigenvalue weighted by atomic mass is 32.2. The lowest BCUT2D eigenvalue weighted by Crippen LogP contribution is -2.28. The topological polar surface area (TPSA) is 93.8 Å². The molecule has 3 aromatic rings. The third-order valence-electron chi connectivity index (χ3n) is 5.08. The second-order valence-corrected chi connectivity index (χ2v) is 8.78. The number of nitrogens with zero attached hydrogens (tertiary/aromatic N) is 1. The van der Waals surface area contributed by atoms with Crippen molar-refractivity contribution in [2.45, 2.75) is 26.2 Å². The van der Waals surface area contributed by atoms with Crippen molar-refractivity contribution in [3.63, 3.8) is 0 Å². The lowest BCUT2D eigenvalue weighted by atomic mass is 9.93. The van der Waals surface area contributed by atoms with Crippen molar-refractivity contribution in [1.82, 2.24) is 5.32 Å².